The van der Waals surface area contributed by atoms with Crippen LogP contribution in [0.4, 0.5) is 0 Å². The maximum absolute atomic E-state index is 12.3. The summed E-state index contributed by atoms with van der Waals surface area (Å²) in [5.74, 6) is 1.14. The molecule has 0 N–H and O–H groups in total. The molecule has 1 amide bonds. The first kappa shape index (κ1) is 13.2. The van der Waals surface area contributed by atoms with Crippen molar-refractivity contribution in [2.24, 2.45) is 7.05 Å². The standard InChI is InChI=1S/C14H16ClN3O2/c1-17-7-10(15)5-11(17)8-18(2)14(19)12-6-13(20-16-12)9-3-4-9/h5-7,9H,3-4,8H2,1-2H3. The largest absolute Gasteiger partial charge is 0.360 e. The summed E-state index contributed by atoms with van der Waals surface area (Å²) in [6.45, 7) is 0.480. The fourth-order valence-corrected chi connectivity index (χ4v) is 2.46. The summed E-state index contributed by atoms with van der Waals surface area (Å²) in [4.78, 5) is 13.9. The van der Waals surface area contributed by atoms with Crippen molar-refractivity contribution in [2.75, 3.05) is 7.05 Å². The number of carbonyl (C=O) groups excluding carboxylic acids is 1. The minimum Gasteiger partial charge on any atom is -0.360 e. The van der Waals surface area contributed by atoms with Gasteiger partial charge in [-0.15, -0.1) is 0 Å². The van der Waals surface area contributed by atoms with Gasteiger partial charge in [-0.3, -0.25) is 4.79 Å². The second-order valence-electron chi connectivity index (χ2n) is 5.31. The van der Waals surface area contributed by atoms with Gasteiger partial charge >= 0.3 is 0 Å². The number of nitrogens with zero attached hydrogens (tertiary/aromatic N) is 3. The molecule has 2 heterocycles. The molecule has 5 nitrogen and oxygen atoms in total. The normalized spacial score (nSPS) is 14.6. The van der Waals surface area contributed by atoms with Crippen LogP contribution in [0.3, 0.4) is 0 Å². The van der Waals surface area contributed by atoms with Crippen LogP contribution in [0.25, 0.3) is 0 Å². The van der Waals surface area contributed by atoms with E-state index in [2.05, 4.69) is 5.16 Å². The van der Waals surface area contributed by atoms with E-state index < -0.39 is 0 Å². The summed E-state index contributed by atoms with van der Waals surface area (Å²) in [5, 5.41) is 4.54. The van der Waals surface area contributed by atoms with Crippen LogP contribution >= 0.6 is 11.6 Å². The number of hydrogen-bond acceptors (Lipinski definition) is 3. The van der Waals surface area contributed by atoms with E-state index in [1.807, 2.05) is 23.9 Å². The van der Waals surface area contributed by atoms with Crippen molar-refractivity contribution in [2.45, 2.75) is 25.3 Å². The van der Waals surface area contributed by atoms with Gasteiger partial charge < -0.3 is 14.0 Å². The number of aryl methyl sites for hydroxylation is 1. The molecule has 6 heteroatoms. The van der Waals surface area contributed by atoms with E-state index >= 15 is 0 Å². The summed E-state index contributed by atoms with van der Waals surface area (Å²) in [5.41, 5.74) is 1.34. The van der Waals surface area contributed by atoms with Crippen LogP contribution in [0, 0.1) is 0 Å². The summed E-state index contributed by atoms with van der Waals surface area (Å²) in [6.07, 6.45) is 4.07. The molecule has 1 fully saturated rings. The lowest BCUT2D eigenvalue weighted by Gasteiger charge is -2.15. The molecule has 1 aliphatic rings. The highest BCUT2D eigenvalue weighted by molar-refractivity contribution is 6.30. The third kappa shape index (κ3) is 2.58. The quantitative estimate of drug-likeness (QED) is 0.871. The number of hydrogen-bond donors (Lipinski definition) is 0. The Bertz CT molecular complexity index is 643. The van der Waals surface area contributed by atoms with Gasteiger partial charge in [-0.25, -0.2) is 0 Å². The molecule has 0 aliphatic heterocycles. The van der Waals surface area contributed by atoms with Gasteiger partial charge in [0, 0.05) is 38.0 Å². The first-order valence-electron chi connectivity index (χ1n) is 6.57. The zero-order valence-electron chi connectivity index (χ0n) is 11.5. The number of halogens is 1. The smallest absolute Gasteiger partial charge is 0.276 e. The van der Waals surface area contributed by atoms with Gasteiger partial charge in [-0.05, 0) is 18.9 Å². The molecule has 1 aliphatic carbocycles. The summed E-state index contributed by atoms with van der Waals surface area (Å²) >= 11 is 5.94. The van der Waals surface area contributed by atoms with Gasteiger partial charge in [0.25, 0.3) is 5.91 Å². The molecule has 0 aromatic carbocycles. The van der Waals surface area contributed by atoms with E-state index in [-0.39, 0.29) is 5.91 Å². The van der Waals surface area contributed by atoms with Crippen LogP contribution in [0.15, 0.2) is 22.9 Å². The Morgan fingerprint density at radius 2 is 2.30 bits per heavy atom. The molecular formula is C14H16ClN3O2. The fourth-order valence-electron chi connectivity index (χ4n) is 2.18. The van der Waals surface area contributed by atoms with E-state index in [4.69, 9.17) is 16.1 Å². The number of aromatic nitrogens is 2. The maximum atomic E-state index is 12.3. The second-order valence-corrected chi connectivity index (χ2v) is 5.75. The minimum absolute atomic E-state index is 0.141. The summed E-state index contributed by atoms with van der Waals surface area (Å²) < 4.78 is 7.12. The van der Waals surface area contributed by atoms with E-state index in [1.165, 1.54) is 0 Å². The monoisotopic (exact) mass is 293 g/mol. The highest BCUT2D eigenvalue weighted by Crippen LogP contribution is 2.40. The molecule has 2 aromatic heterocycles. The van der Waals surface area contributed by atoms with E-state index in [1.54, 1.807) is 18.0 Å². The second kappa shape index (κ2) is 4.98. The van der Waals surface area contributed by atoms with Crippen LogP contribution in [-0.4, -0.2) is 27.6 Å². The molecule has 20 heavy (non-hydrogen) atoms. The van der Waals surface area contributed by atoms with Crippen molar-refractivity contribution in [3.05, 3.63) is 40.5 Å². The molecule has 106 valence electrons. The molecule has 0 saturated heterocycles. The average Bonchev–Trinajstić information content (AvgIpc) is 3.05. The first-order valence-corrected chi connectivity index (χ1v) is 6.95. The van der Waals surface area contributed by atoms with Gasteiger partial charge in [-0.1, -0.05) is 16.8 Å². The van der Waals surface area contributed by atoms with Crippen molar-refractivity contribution >= 4 is 17.5 Å². The third-order valence-electron chi connectivity index (χ3n) is 3.55. The Morgan fingerprint density at radius 1 is 1.55 bits per heavy atom. The fraction of sp³-hybridized carbons (Fsp3) is 0.429. The molecule has 0 spiro atoms. The minimum atomic E-state index is -0.141. The lowest BCUT2D eigenvalue weighted by Crippen LogP contribution is -2.27. The number of amides is 1. The maximum Gasteiger partial charge on any atom is 0.276 e. The zero-order chi connectivity index (χ0) is 14.3. The molecule has 0 bridgehead atoms. The van der Waals surface area contributed by atoms with E-state index in [0.29, 0.717) is 23.2 Å². The van der Waals surface area contributed by atoms with E-state index in [0.717, 1.165) is 24.3 Å². The SMILES string of the molecule is CN(Cc1cc(Cl)cn1C)C(=O)c1cc(C2CC2)on1. The Morgan fingerprint density at radius 3 is 2.90 bits per heavy atom. The van der Waals surface area contributed by atoms with Gasteiger partial charge in [0.15, 0.2) is 5.69 Å². The Hall–Kier alpha value is -1.75. The van der Waals surface area contributed by atoms with Crippen LogP contribution < -0.4 is 0 Å². The topological polar surface area (TPSA) is 51.3 Å². The summed E-state index contributed by atoms with van der Waals surface area (Å²) in [7, 11) is 3.65. The van der Waals surface area contributed by atoms with Crippen molar-refractivity contribution in [3.8, 4) is 0 Å². The molecule has 3 rings (SSSR count). The van der Waals surface area contributed by atoms with Gasteiger partial charge in [0.1, 0.15) is 5.76 Å². The van der Waals surface area contributed by atoms with Crippen LogP contribution in [0.1, 0.15) is 40.7 Å². The summed E-state index contributed by atoms with van der Waals surface area (Å²) in [6, 6.07) is 3.61. The van der Waals surface area contributed by atoms with Crippen LogP contribution in [-0.2, 0) is 13.6 Å². The lowest BCUT2D eigenvalue weighted by molar-refractivity contribution is 0.0772. The Kier molecular flexibility index (Phi) is 3.30. The van der Waals surface area contributed by atoms with Crippen LogP contribution in [0.2, 0.25) is 5.02 Å². The predicted octanol–water partition coefficient (Wildman–Crippen LogP) is 2.82. The molecular weight excluding hydrogens is 278 g/mol. The van der Waals surface area contributed by atoms with Crippen LogP contribution in [0.5, 0.6) is 0 Å². The lowest BCUT2D eigenvalue weighted by atomic mass is 10.2. The average molecular weight is 294 g/mol. The number of rotatable bonds is 4. The molecule has 0 atom stereocenters. The zero-order valence-corrected chi connectivity index (χ0v) is 12.2. The number of carbonyl (C=O) groups is 1. The van der Waals surface area contributed by atoms with E-state index in [9.17, 15) is 4.79 Å². The van der Waals surface area contributed by atoms with Gasteiger partial charge in [0.2, 0.25) is 0 Å². The van der Waals surface area contributed by atoms with Crippen molar-refractivity contribution < 1.29 is 9.32 Å². The highest BCUT2D eigenvalue weighted by Gasteiger charge is 2.29. The highest BCUT2D eigenvalue weighted by atomic mass is 35.5. The third-order valence-corrected chi connectivity index (χ3v) is 3.75. The first-order chi connectivity index (χ1) is 9.54. The van der Waals surface area contributed by atoms with Crippen molar-refractivity contribution in [1.82, 2.24) is 14.6 Å². The van der Waals surface area contributed by atoms with Gasteiger partial charge in [-0.2, -0.15) is 0 Å². The molecule has 1 saturated carbocycles. The van der Waals surface area contributed by atoms with Crippen molar-refractivity contribution in [3.63, 3.8) is 0 Å². The molecule has 0 radical (unpaired) electrons. The Balaban J connectivity index is 1.70. The predicted molar refractivity (Wildman–Crippen MR) is 74.7 cm³/mol. The Labute approximate surface area is 122 Å². The molecule has 0 unspecified atom stereocenters. The van der Waals surface area contributed by atoms with Crippen molar-refractivity contribution in [1.29, 1.82) is 0 Å². The molecule has 2 aromatic rings. The van der Waals surface area contributed by atoms with Gasteiger partial charge in [0.05, 0.1) is 11.6 Å².